The number of para-hydroxylation sites is 1. The maximum atomic E-state index is 13.4. The van der Waals surface area contributed by atoms with Gasteiger partial charge in [0.25, 0.3) is 0 Å². The number of nitrogens with two attached hydrogens (primary N) is 2. The summed E-state index contributed by atoms with van der Waals surface area (Å²) in [4.78, 5) is 11.3. The minimum absolute atomic E-state index is 0.0459. The first-order valence-electron chi connectivity index (χ1n) is 10.8. The number of fused-ring (bicyclic) bond motifs is 1. The standard InChI is InChI=1S/C20H22N10O5S3/c1-35-15-7-8-23-14(25-15)9-24-38(33,34)13-6-5-10(11-3-2-4-12-17(11)26-20(21)36-12)16(18(13)37(22,31)32)19-27-29-30-28-19/h2-8,19,24,27-30H,9H2,1H3,(H2,21,26)(H2,22,31,32). The Kier molecular flexibility index (Phi) is 6.98. The van der Waals surface area contributed by atoms with E-state index in [1.807, 2.05) is 6.07 Å². The number of thiazole rings is 1. The third-order valence-electron chi connectivity index (χ3n) is 5.55. The van der Waals surface area contributed by atoms with Gasteiger partial charge in [0, 0.05) is 23.4 Å². The molecule has 200 valence electrons. The highest BCUT2D eigenvalue weighted by atomic mass is 32.2. The van der Waals surface area contributed by atoms with Gasteiger partial charge in [-0.3, -0.25) is 0 Å². The Morgan fingerprint density at radius 2 is 1.82 bits per heavy atom. The molecule has 1 aliphatic heterocycles. The number of hydrogen-bond acceptors (Lipinski definition) is 14. The second kappa shape index (κ2) is 10.1. The van der Waals surface area contributed by atoms with E-state index in [2.05, 4.69) is 41.6 Å². The van der Waals surface area contributed by atoms with Crippen LogP contribution in [0.1, 0.15) is 17.6 Å². The molecule has 0 radical (unpaired) electrons. The molecule has 0 amide bonds. The van der Waals surface area contributed by atoms with E-state index >= 15 is 0 Å². The molecule has 38 heavy (non-hydrogen) atoms. The second-order valence-electron chi connectivity index (χ2n) is 7.91. The number of anilines is 1. The molecule has 1 saturated heterocycles. The van der Waals surface area contributed by atoms with Gasteiger partial charge in [0.05, 0.1) is 23.9 Å². The van der Waals surface area contributed by atoms with Gasteiger partial charge in [0.15, 0.2) is 5.13 Å². The summed E-state index contributed by atoms with van der Waals surface area (Å²) in [5.74, 6) is 0.351. The van der Waals surface area contributed by atoms with Gasteiger partial charge >= 0.3 is 0 Å². The fraction of sp³-hybridized carbons (Fsp3) is 0.150. The van der Waals surface area contributed by atoms with Crippen molar-refractivity contribution in [3.05, 3.63) is 54.0 Å². The highest BCUT2D eigenvalue weighted by molar-refractivity contribution is 7.92. The number of benzene rings is 2. The van der Waals surface area contributed by atoms with Crippen LogP contribution in [0, 0.1) is 0 Å². The van der Waals surface area contributed by atoms with Crippen LogP contribution in [-0.2, 0) is 26.6 Å². The molecule has 3 heterocycles. The van der Waals surface area contributed by atoms with Crippen LogP contribution in [0.15, 0.2) is 52.4 Å². The minimum atomic E-state index is -4.61. The van der Waals surface area contributed by atoms with Gasteiger partial charge < -0.3 is 10.5 Å². The molecule has 1 fully saturated rings. The average molecular weight is 579 g/mol. The molecule has 0 atom stereocenters. The summed E-state index contributed by atoms with van der Waals surface area (Å²) in [6.45, 7) is -0.332. The number of rotatable bonds is 8. The van der Waals surface area contributed by atoms with Crippen LogP contribution >= 0.6 is 11.3 Å². The van der Waals surface area contributed by atoms with Crippen molar-refractivity contribution in [3.8, 4) is 17.0 Å². The van der Waals surface area contributed by atoms with Gasteiger partial charge in [-0.05, 0) is 17.7 Å². The van der Waals surface area contributed by atoms with Crippen molar-refractivity contribution in [3.63, 3.8) is 0 Å². The van der Waals surface area contributed by atoms with E-state index in [1.165, 1.54) is 42.8 Å². The van der Waals surface area contributed by atoms with E-state index in [9.17, 15) is 16.8 Å². The summed E-state index contributed by atoms with van der Waals surface area (Å²) >= 11 is 1.26. The number of sulfonamides is 2. The van der Waals surface area contributed by atoms with Crippen molar-refractivity contribution in [1.82, 2.24) is 41.6 Å². The van der Waals surface area contributed by atoms with Crippen LogP contribution in [0.5, 0.6) is 5.88 Å². The Labute approximate surface area is 221 Å². The first-order chi connectivity index (χ1) is 18.1. The number of nitrogens with zero attached hydrogens (tertiary/aromatic N) is 3. The highest BCUT2D eigenvalue weighted by Gasteiger charge is 2.34. The molecular formula is C20H22N10O5S3. The van der Waals surface area contributed by atoms with E-state index in [4.69, 9.17) is 15.6 Å². The highest BCUT2D eigenvalue weighted by Crippen LogP contribution is 2.40. The molecule has 4 aromatic rings. The van der Waals surface area contributed by atoms with Crippen LogP contribution < -0.4 is 42.3 Å². The lowest BCUT2D eigenvalue weighted by molar-refractivity contribution is 0.394. The fourth-order valence-electron chi connectivity index (χ4n) is 4.00. The molecule has 15 nitrogen and oxygen atoms in total. The maximum absolute atomic E-state index is 13.4. The average Bonchev–Trinajstić information content (AvgIpc) is 3.55. The third-order valence-corrected chi connectivity index (χ3v) is 8.98. The van der Waals surface area contributed by atoms with Gasteiger partial charge in [0.1, 0.15) is 21.8 Å². The van der Waals surface area contributed by atoms with Crippen LogP contribution in [0.2, 0.25) is 0 Å². The van der Waals surface area contributed by atoms with Gasteiger partial charge in [-0.25, -0.2) is 47.5 Å². The SMILES string of the molecule is COc1ccnc(CNS(=O)(=O)c2ccc(-c3cccc4sc(N)nc34)c(C3NNNN3)c2S(N)(=O)=O)n1. The van der Waals surface area contributed by atoms with Crippen LogP contribution in [0.3, 0.4) is 0 Å². The van der Waals surface area contributed by atoms with Gasteiger partial charge in [-0.15, -0.1) is 0 Å². The van der Waals surface area contributed by atoms with E-state index in [0.717, 1.165) is 4.70 Å². The van der Waals surface area contributed by atoms with Crippen LogP contribution in [0.25, 0.3) is 21.3 Å². The molecule has 9 N–H and O–H groups in total. The zero-order valence-corrected chi connectivity index (χ0v) is 22.0. The molecule has 2 aromatic carbocycles. The van der Waals surface area contributed by atoms with Crippen molar-refractivity contribution in [2.24, 2.45) is 5.14 Å². The van der Waals surface area contributed by atoms with E-state index in [1.54, 1.807) is 12.1 Å². The van der Waals surface area contributed by atoms with Crippen molar-refractivity contribution in [2.45, 2.75) is 22.5 Å². The van der Waals surface area contributed by atoms with E-state index in [0.29, 0.717) is 21.8 Å². The molecule has 0 aliphatic carbocycles. The van der Waals surface area contributed by atoms with Crippen molar-refractivity contribution >= 4 is 46.7 Å². The summed E-state index contributed by atoms with van der Waals surface area (Å²) in [5, 5.41) is 5.96. The van der Waals surface area contributed by atoms with Gasteiger partial charge in [-0.2, -0.15) is 16.1 Å². The fourth-order valence-corrected chi connectivity index (χ4v) is 7.40. The zero-order valence-electron chi connectivity index (χ0n) is 19.6. The van der Waals surface area contributed by atoms with Crippen LogP contribution in [-0.4, -0.2) is 38.9 Å². The number of aromatic nitrogens is 3. The smallest absolute Gasteiger partial charge is 0.242 e. The number of hydrazine groups is 3. The number of hydrogen-bond donors (Lipinski definition) is 7. The monoisotopic (exact) mass is 578 g/mol. The third kappa shape index (κ3) is 5.04. The first-order valence-corrected chi connectivity index (χ1v) is 14.6. The largest absolute Gasteiger partial charge is 0.481 e. The molecule has 5 rings (SSSR count). The Morgan fingerprint density at radius 1 is 1.05 bits per heavy atom. The summed E-state index contributed by atoms with van der Waals surface area (Å²) in [6.07, 6.45) is 0.489. The van der Waals surface area contributed by atoms with Crippen molar-refractivity contribution < 1.29 is 21.6 Å². The maximum Gasteiger partial charge on any atom is 0.242 e. The first kappa shape index (κ1) is 26.3. The predicted molar refractivity (Wildman–Crippen MR) is 139 cm³/mol. The summed E-state index contributed by atoms with van der Waals surface area (Å²) in [5.41, 5.74) is 18.2. The molecule has 1 aliphatic rings. The Morgan fingerprint density at radius 3 is 2.53 bits per heavy atom. The normalized spacial score (nSPS) is 14.8. The van der Waals surface area contributed by atoms with Crippen molar-refractivity contribution in [1.29, 1.82) is 0 Å². The minimum Gasteiger partial charge on any atom is -0.481 e. The molecule has 18 heteroatoms. The number of ether oxygens (including phenoxy) is 1. The molecule has 0 bridgehead atoms. The Bertz CT molecular complexity index is 1740. The predicted octanol–water partition coefficient (Wildman–Crippen LogP) is -0.414. The molecule has 0 unspecified atom stereocenters. The van der Waals surface area contributed by atoms with Crippen molar-refractivity contribution in [2.75, 3.05) is 12.8 Å². The number of nitrogen functional groups attached to an aromatic ring is 1. The quantitative estimate of drug-likeness (QED) is 0.141. The molecule has 0 spiro atoms. The number of methoxy groups -OCH3 is 1. The zero-order chi connectivity index (χ0) is 27.1. The summed E-state index contributed by atoms with van der Waals surface area (Å²) in [7, 11) is -7.64. The summed E-state index contributed by atoms with van der Waals surface area (Å²) < 4.78 is 61.0. The second-order valence-corrected chi connectivity index (χ2v) is 12.2. The Balaban J connectivity index is 1.69. The molecule has 0 saturated carbocycles. The Hall–Kier alpha value is -3.33. The van der Waals surface area contributed by atoms with Crippen LogP contribution in [0.4, 0.5) is 5.13 Å². The lowest BCUT2D eigenvalue weighted by Crippen LogP contribution is -2.33. The lowest BCUT2D eigenvalue weighted by Gasteiger charge is -2.21. The van der Waals surface area contributed by atoms with E-state index < -0.39 is 36.0 Å². The lowest BCUT2D eigenvalue weighted by atomic mass is 9.97. The van der Waals surface area contributed by atoms with Gasteiger partial charge in [-0.1, -0.05) is 29.5 Å². The topological polar surface area (TPSA) is 228 Å². The summed E-state index contributed by atoms with van der Waals surface area (Å²) in [6, 6.07) is 9.50. The van der Waals surface area contributed by atoms with Gasteiger partial charge in [0.2, 0.25) is 25.9 Å². The van der Waals surface area contributed by atoms with E-state index in [-0.39, 0.29) is 23.8 Å². The molecular weight excluding hydrogens is 556 g/mol. The number of nitrogens with one attached hydrogen (secondary N) is 5. The molecule has 2 aromatic heterocycles. The number of primary sulfonamides is 1.